The van der Waals surface area contributed by atoms with E-state index in [0.29, 0.717) is 21.8 Å². The largest absolute Gasteiger partial charge is 0.497 e. The summed E-state index contributed by atoms with van der Waals surface area (Å²) in [6, 6.07) is 22.2. The third kappa shape index (κ3) is 6.20. The molecule has 4 rings (SSSR count). The van der Waals surface area contributed by atoms with Gasteiger partial charge < -0.3 is 9.47 Å². The summed E-state index contributed by atoms with van der Waals surface area (Å²) in [7, 11) is 3.21. The maximum atomic E-state index is 12.4. The summed E-state index contributed by atoms with van der Waals surface area (Å²) in [6.07, 6.45) is 1.56. The van der Waals surface area contributed by atoms with Crippen LogP contribution in [-0.2, 0) is 4.79 Å². The molecule has 1 heterocycles. The molecule has 1 N–H and O–H groups in total. The molecule has 1 amide bonds. The first kappa shape index (κ1) is 24.3. The van der Waals surface area contributed by atoms with Crippen LogP contribution >= 0.6 is 23.4 Å². The van der Waals surface area contributed by atoms with E-state index < -0.39 is 0 Å². The molecule has 8 nitrogen and oxygen atoms in total. The van der Waals surface area contributed by atoms with Crippen molar-refractivity contribution in [2.75, 3.05) is 20.0 Å². The quantitative estimate of drug-likeness (QED) is 0.198. The highest BCUT2D eigenvalue weighted by atomic mass is 35.5. The van der Waals surface area contributed by atoms with E-state index in [2.05, 4.69) is 20.7 Å². The lowest BCUT2D eigenvalue weighted by Gasteiger charge is -2.11. The zero-order valence-electron chi connectivity index (χ0n) is 19.0. The van der Waals surface area contributed by atoms with Crippen LogP contribution < -0.4 is 14.9 Å². The number of nitrogens with one attached hydrogen (secondary N) is 1. The van der Waals surface area contributed by atoms with Gasteiger partial charge in [0.25, 0.3) is 5.91 Å². The number of carbonyl (C=O) groups is 1. The summed E-state index contributed by atoms with van der Waals surface area (Å²) in [5.41, 5.74) is 5.02. The van der Waals surface area contributed by atoms with E-state index in [1.54, 1.807) is 32.6 Å². The lowest BCUT2D eigenvalue weighted by Crippen LogP contribution is -2.20. The third-order valence-corrected chi connectivity index (χ3v) is 6.08. The standard InChI is InChI=1S/C25H22ClN5O3S/c1-33-21-12-6-18(7-13-21)24-29-30-25(31(24)20-10-8-19(26)9-11-20)35-16-23(32)28-27-15-17-4-3-5-22(14-17)34-2/h3-15H,16H2,1-2H3,(H,28,32). The first-order valence-corrected chi connectivity index (χ1v) is 11.9. The van der Waals surface area contributed by atoms with Crippen molar-refractivity contribution in [1.82, 2.24) is 20.2 Å². The van der Waals surface area contributed by atoms with Gasteiger partial charge >= 0.3 is 0 Å². The Bertz CT molecular complexity index is 1320. The number of aromatic nitrogens is 3. The lowest BCUT2D eigenvalue weighted by atomic mass is 10.2. The average Bonchev–Trinajstić information content (AvgIpc) is 3.32. The fraction of sp³-hybridized carbons (Fsp3) is 0.120. The highest BCUT2D eigenvalue weighted by molar-refractivity contribution is 7.99. The van der Waals surface area contributed by atoms with Gasteiger partial charge in [-0.15, -0.1) is 10.2 Å². The minimum absolute atomic E-state index is 0.101. The third-order valence-electron chi connectivity index (χ3n) is 4.90. The smallest absolute Gasteiger partial charge is 0.250 e. The monoisotopic (exact) mass is 507 g/mol. The van der Waals surface area contributed by atoms with Crippen LogP contribution in [0.4, 0.5) is 0 Å². The zero-order chi connectivity index (χ0) is 24.6. The predicted octanol–water partition coefficient (Wildman–Crippen LogP) is 4.85. The number of amides is 1. The molecule has 35 heavy (non-hydrogen) atoms. The van der Waals surface area contributed by atoms with E-state index in [1.165, 1.54) is 11.8 Å². The molecule has 0 saturated carbocycles. The van der Waals surface area contributed by atoms with Gasteiger partial charge in [-0.1, -0.05) is 35.5 Å². The molecule has 10 heteroatoms. The summed E-state index contributed by atoms with van der Waals surface area (Å²) in [6.45, 7) is 0. The summed E-state index contributed by atoms with van der Waals surface area (Å²) in [5, 5.41) is 13.9. The minimum atomic E-state index is -0.272. The molecule has 0 spiro atoms. The summed E-state index contributed by atoms with van der Waals surface area (Å²) >= 11 is 7.34. The number of hydrogen-bond acceptors (Lipinski definition) is 7. The zero-order valence-corrected chi connectivity index (χ0v) is 20.6. The van der Waals surface area contributed by atoms with Gasteiger partial charge in [0.05, 0.1) is 26.2 Å². The second-order valence-corrected chi connectivity index (χ2v) is 8.58. The van der Waals surface area contributed by atoms with Crippen LogP contribution in [0.2, 0.25) is 5.02 Å². The Balaban J connectivity index is 1.50. The second kappa shape index (κ2) is 11.5. The molecule has 3 aromatic carbocycles. The average molecular weight is 508 g/mol. The van der Waals surface area contributed by atoms with Crippen LogP contribution in [0, 0.1) is 0 Å². The van der Waals surface area contributed by atoms with Gasteiger partial charge in [0.1, 0.15) is 11.5 Å². The molecule has 0 aliphatic heterocycles. The molecule has 0 aliphatic carbocycles. The van der Waals surface area contributed by atoms with Crippen LogP contribution in [-0.4, -0.2) is 46.9 Å². The van der Waals surface area contributed by atoms with Crippen LogP contribution in [0.1, 0.15) is 5.56 Å². The molecule has 1 aromatic heterocycles. The van der Waals surface area contributed by atoms with Gasteiger partial charge in [0, 0.05) is 16.3 Å². The molecular formula is C25H22ClN5O3S. The number of hydrazone groups is 1. The number of benzene rings is 3. The van der Waals surface area contributed by atoms with Crippen LogP contribution in [0.3, 0.4) is 0 Å². The Morgan fingerprint density at radius 3 is 2.49 bits per heavy atom. The highest BCUT2D eigenvalue weighted by Crippen LogP contribution is 2.29. The van der Waals surface area contributed by atoms with Crippen molar-refractivity contribution in [3.8, 4) is 28.6 Å². The van der Waals surface area contributed by atoms with Crippen molar-refractivity contribution >= 4 is 35.5 Å². The van der Waals surface area contributed by atoms with Crippen LogP contribution in [0.15, 0.2) is 83.1 Å². The van der Waals surface area contributed by atoms with Crippen molar-refractivity contribution in [3.05, 3.63) is 83.4 Å². The fourth-order valence-electron chi connectivity index (χ4n) is 3.18. The molecular weight excluding hydrogens is 486 g/mol. The van der Waals surface area contributed by atoms with E-state index in [-0.39, 0.29) is 11.7 Å². The van der Waals surface area contributed by atoms with E-state index in [9.17, 15) is 4.79 Å². The van der Waals surface area contributed by atoms with Crippen molar-refractivity contribution in [3.63, 3.8) is 0 Å². The second-order valence-electron chi connectivity index (χ2n) is 7.20. The number of methoxy groups -OCH3 is 2. The van der Waals surface area contributed by atoms with Gasteiger partial charge in [-0.3, -0.25) is 9.36 Å². The fourth-order valence-corrected chi connectivity index (χ4v) is 4.05. The van der Waals surface area contributed by atoms with Crippen molar-refractivity contribution in [2.45, 2.75) is 5.16 Å². The number of ether oxygens (including phenoxy) is 2. The van der Waals surface area contributed by atoms with Crippen LogP contribution in [0.25, 0.3) is 17.1 Å². The molecule has 4 aromatic rings. The maximum absolute atomic E-state index is 12.4. The van der Waals surface area contributed by atoms with Crippen LogP contribution in [0.5, 0.6) is 11.5 Å². The Labute approximate surface area is 211 Å². The van der Waals surface area contributed by atoms with Gasteiger partial charge in [0.2, 0.25) is 0 Å². The molecule has 0 aliphatic rings. The first-order chi connectivity index (χ1) is 17.1. The van der Waals surface area contributed by atoms with E-state index in [1.807, 2.05) is 65.2 Å². The number of thioether (sulfide) groups is 1. The Morgan fingerprint density at radius 2 is 1.77 bits per heavy atom. The summed E-state index contributed by atoms with van der Waals surface area (Å²) in [4.78, 5) is 12.4. The van der Waals surface area contributed by atoms with Crippen molar-refractivity contribution in [1.29, 1.82) is 0 Å². The van der Waals surface area contributed by atoms with Gasteiger partial charge in [0.15, 0.2) is 11.0 Å². The Kier molecular flexibility index (Phi) is 8.02. The van der Waals surface area contributed by atoms with E-state index in [0.717, 1.165) is 22.6 Å². The SMILES string of the molecule is COc1ccc(-c2nnc(SCC(=O)NN=Cc3cccc(OC)c3)n2-c2ccc(Cl)cc2)cc1. The van der Waals surface area contributed by atoms with Gasteiger partial charge in [-0.2, -0.15) is 5.10 Å². The number of hydrogen-bond donors (Lipinski definition) is 1. The summed E-state index contributed by atoms with van der Waals surface area (Å²) < 4.78 is 12.3. The van der Waals surface area contributed by atoms with Gasteiger partial charge in [-0.05, 0) is 66.2 Å². The van der Waals surface area contributed by atoms with E-state index in [4.69, 9.17) is 21.1 Å². The molecule has 0 radical (unpaired) electrons. The Morgan fingerprint density at radius 1 is 1.03 bits per heavy atom. The molecule has 0 atom stereocenters. The van der Waals surface area contributed by atoms with Gasteiger partial charge in [-0.25, -0.2) is 5.43 Å². The van der Waals surface area contributed by atoms with Crippen molar-refractivity contribution < 1.29 is 14.3 Å². The number of nitrogens with zero attached hydrogens (tertiary/aromatic N) is 4. The number of halogens is 1. The Hall–Kier alpha value is -3.82. The normalized spacial score (nSPS) is 10.9. The lowest BCUT2D eigenvalue weighted by molar-refractivity contribution is -0.118. The van der Waals surface area contributed by atoms with E-state index >= 15 is 0 Å². The molecule has 0 saturated heterocycles. The maximum Gasteiger partial charge on any atom is 0.250 e. The molecule has 178 valence electrons. The molecule has 0 fully saturated rings. The van der Waals surface area contributed by atoms with Crippen molar-refractivity contribution in [2.24, 2.45) is 5.10 Å². The summed E-state index contributed by atoms with van der Waals surface area (Å²) in [5.74, 6) is 1.92. The predicted molar refractivity (Wildman–Crippen MR) is 138 cm³/mol. The molecule has 0 bridgehead atoms. The highest BCUT2D eigenvalue weighted by Gasteiger charge is 2.17. The first-order valence-electron chi connectivity index (χ1n) is 10.5. The molecule has 0 unspecified atom stereocenters. The topological polar surface area (TPSA) is 90.6 Å². The number of rotatable bonds is 9. The number of carbonyl (C=O) groups excluding carboxylic acids is 1. The minimum Gasteiger partial charge on any atom is -0.497 e.